The highest BCUT2D eigenvalue weighted by molar-refractivity contribution is 5.79. The monoisotopic (exact) mass is 186 g/mol. The summed E-state index contributed by atoms with van der Waals surface area (Å²) in [6.07, 6.45) is 4.28. The van der Waals surface area contributed by atoms with Crippen molar-refractivity contribution in [1.29, 1.82) is 0 Å². The first-order valence-corrected chi connectivity index (χ1v) is 4.92. The van der Waals surface area contributed by atoms with Crippen LogP contribution in [0, 0.1) is 5.92 Å². The van der Waals surface area contributed by atoms with Gasteiger partial charge in [0.15, 0.2) is 5.78 Å². The molecule has 76 valence electrons. The lowest BCUT2D eigenvalue weighted by molar-refractivity contribution is -0.125. The summed E-state index contributed by atoms with van der Waals surface area (Å²) < 4.78 is 4.75. The van der Waals surface area contributed by atoms with Crippen molar-refractivity contribution in [3.8, 4) is 0 Å². The second-order valence-corrected chi connectivity index (χ2v) is 3.79. The van der Waals surface area contributed by atoms with Crippen molar-refractivity contribution in [2.75, 3.05) is 13.7 Å². The number of rotatable bonds is 4. The molecule has 1 aliphatic carbocycles. The summed E-state index contributed by atoms with van der Waals surface area (Å²) in [4.78, 5) is 11.2. The second-order valence-electron chi connectivity index (χ2n) is 3.79. The maximum atomic E-state index is 11.2. The maximum absolute atomic E-state index is 11.2. The van der Waals surface area contributed by atoms with Gasteiger partial charge in [0.05, 0.1) is 6.10 Å². The lowest BCUT2D eigenvalue weighted by Crippen LogP contribution is -2.27. The zero-order valence-electron chi connectivity index (χ0n) is 8.16. The molecular formula is C10H18O3. The number of methoxy groups -OCH3 is 1. The second kappa shape index (κ2) is 5.35. The topological polar surface area (TPSA) is 46.5 Å². The van der Waals surface area contributed by atoms with E-state index in [1.54, 1.807) is 0 Å². The highest BCUT2D eigenvalue weighted by Crippen LogP contribution is 2.26. The summed E-state index contributed by atoms with van der Waals surface area (Å²) in [5, 5.41) is 9.59. The number of ketones is 1. The molecule has 0 aromatic rings. The summed E-state index contributed by atoms with van der Waals surface area (Å²) in [6.45, 7) is 0.184. The van der Waals surface area contributed by atoms with Crippen molar-refractivity contribution in [2.24, 2.45) is 5.92 Å². The fourth-order valence-corrected chi connectivity index (χ4v) is 1.94. The van der Waals surface area contributed by atoms with Crippen LogP contribution in [-0.4, -0.2) is 30.7 Å². The summed E-state index contributed by atoms with van der Waals surface area (Å²) in [5.41, 5.74) is 0. The Morgan fingerprint density at radius 3 is 2.77 bits per heavy atom. The standard InChI is InChI=1S/C10H18O3/c1-13-7-9(11)6-8-4-2-3-5-10(8)12/h8,10,12H,2-7H2,1H3. The molecule has 0 heterocycles. The van der Waals surface area contributed by atoms with Crippen LogP contribution in [0.3, 0.4) is 0 Å². The van der Waals surface area contributed by atoms with Crippen LogP contribution >= 0.6 is 0 Å². The minimum absolute atomic E-state index is 0.105. The molecule has 3 heteroatoms. The van der Waals surface area contributed by atoms with E-state index in [-0.39, 0.29) is 24.4 Å². The molecule has 0 bridgehead atoms. The number of hydrogen-bond donors (Lipinski definition) is 1. The minimum atomic E-state index is -0.269. The molecule has 0 amide bonds. The van der Waals surface area contributed by atoms with E-state index in [0.29, 0.717) is 6.42 Å². The number of Topliss-reactive ketones (excluding diaryl/α,β-unsaturated/α-hetero) is 1. The van der Waals surface area contributed by atoms with Gasteiger partial charge in [-0.05, 0) is 18.8 Å². The summed E-state index contributed by atoms with van der Waals surface area (Å²) in [6, 6.07) is 0. The van der Waals surface area contributed by atoms with E-state index in [2.05, 4.69) is 0 Å². The Labute approximate surface area is 79.1 Å². The Kier molecular flexibility index (Phi) is 4.39. The summed E-state index contributed by atoms with van der Waals surface area (Å²) in [7, 11) is 1.52. The molecule has 0 saturated heterocycles. The van der Waals surface area contributed by atoms with E-state index < -0.39 is 0 Å². The molecule has 0 aromatic heterocycles. The van der Waals surface area contributed by atoms with Crippen molar-refractivity contribution in [2.45, 2.75) is 38.2 Å². The van der Waals surface area contributed by atoms with Gasteiger partial charge in [0.1, 0.15) is 6.61 Å². The molecule has 1 rings (SSSR count). The van der Waals surface area contributed by atoms with Crippen LogP contribution in [0.5, 0.6) is 0 Å². The van der Waals surface area contributed by atoms with Gasteiger partial charge in [-0.1, -0.05) is 12.8 Å². The first kappa shape index (κ1) is 10.7. The number of ether oxygens (including phenoxy) is 1. The molecule has 3 nitrogen and oxygen atoms in total. The molecule has 13 heavy (non-hydrogen) atoms. The molecule has 2 unspecified atom stereocenters. The highest BCUT2D eigenvalue weighted by atomic mass is 16.5. The summed E-state index contributed by atoms with van der Waals surface area (Å²) >= 11 is 0. The van der Waals surface area contributed by atoms with E-state index in [1.807, 2.05) is 0 Å². The summed E-state index contributed by atoms with van der Waals surface area (Å²) in [5.74, 6) is 0.282. The predicted molar refractivity (Wildman–Crippen MR) is 49.5 cm³/mol. The van der Waals surface area contributed by atoms with Gasteiger partial charge < -0.3 is 9.84 Å². The normalized spacial score (nSPS) is 28.8. The third-order valence-corrected chi connectivity index (χ3v) is 2.66. The van der Waals surface area contributed by atoms with Crippen LogP contribution in [0.25, 0.3) is 0 Å². The van der Waals surface area contributed by atoms with Gasteiger partial charge in [0, 0.05) is 13.5 Å². The van der Waals surface area contributed by atoms with E-state index in [0.717, 1.165) is 25.7 Å². The number of hydrogen-bond acceptors (Lipinski definition) is 3. The zero-order chi connectivity index (χ0) is 9.68. The van der Waals surface area contributed by atoms with Crippen LogP contribution < -0.4 is 0 Å². The first-order valence-electron chi connectivity index (χ1n) is 4.92. The fourth-order valence-electron chi connectivity index (χ4n) is 1.94. The largest absolute Gasteiger partial charge is 0.393 e. The zero-order valence-corrected chi connectivity index (χ0v) is 8.16. The van der Waals surface area contributed by atoms with Crippen LogP contribution in [0.2, 0.25) is 0 Å². The van der Waals surface area contributed by atoms with Crippen molar-refractivity contribution in [1.82, 2.24) is 0 Å². The molecule has 0 spiro atoms. The third kappa shape index (κ3) is 3.44. The average Bonchev–Trinajstić information content (AvgIpc) is 2.09. The highest BCUT2D eigenvalue weighted by Gasteiger charge is 2.24. The van der Waals surface area contributed by atoms with E-state index in [1.165, 1.54) is 7.11 Å². The van der Waals surface area contributed by atoms with E-state index in [9.17, 15) is 9.90 Å². The Balaban J connectivity index is 2.29. The lowest BCUT2D eigenvalue weighted by Gasteiger charge is -2.26. The molecule has 0 aliphatic heterocycles. The Morgan fingerprint density at radius 1 is 1.46 bits per heavy atom. The van der Waals surface area contributed by atoms with E-state index in [4.69, 9.17) is 4.74 Å². The number of carbonyl (C=O) groups is 1. The Bertz CT molecular complexity index is 168. The lowest BCUT2D eigenvalue weighted by atomic mass is 9.83. The molecule has 1 fully saturated rings. The number of aliphatic hydroxyl groups excluding tert-OH is 1. The van der Waals surface area contributed by atoms with Gasteiger partial charge in [-0.25, -0.2) is 0 Å². The number of aliphatic hydroxyl groups is 1. The van der Waals surface area contributed by atoms with Crippen LogP contribution in [0.15, 0.2) is 0 Å². The minimum Gasteiger partial charge on any atom is -0.393 e. The van der Waals surface area contributed by atoms with Gasteiger partial charge in [0.2, 0.25) is 0 Å². The SMILES string of the molecule is COCC(=O)CC1CCCCC1O. The van der Waals surface area contributed by atoms with Gasteiger partial charge in [-0.15, -0.1) is 0 Å². The van der Waals surface area contributed by atoms with Gasteiger partial charge in [-0.2, -0.15) is 0 Å². The van der Waals surface area contributed by atoms with Crippen molar-refractivity contribution >= 4 is 5.78 Å². The van der Waals surface area contributed by atoms with Crippen molar-refractivity contribution in [3.63, 3.8) is 0 Å². The molecule has 1 saturated carbocycles. The fraction of sp³-hybridized carbons (Fsp3) is 0.900. The molecule has 2 atom stereocenters. The van der Waals surface area contributed by atoms with Gasteiger partial charge >= 0.3 is 0 Å². The van der Waals surface area contributed by atoms with Crippen LogP contribution in [-0.2, 0) is 9.53 Å². The molecule has 1 aliphatic rings. The van der Waals surface area contributed by atoms with E-state index >= 15 is 0 Å². The molecule has 0 radical (unpaired) electrons. The predicted octanol–water partition coefficient (Wildman–Crippen LogP) is 1.14. The van der Waals surface area contributed by atoms with Crippen LogP contribution in [0.4, 0.5) is 0 Å². The maximum Gasteiger partial charge on any atom is 0.158 e. The Hall–Kier alpha value is -0.410. The Morgan fingerprint density at radius 2 is 2.15 bits per heavy atom. The first-order chi connectivity index (χ1) is 6.24. The van der Waals surface area contributed by atoms with Gasteiger partial charge in [-0.3, -0.25) is 4.79 Å². The van der Waals surface area contributed by atoms with Crippen molar-refractivity contribution < 1.29 is 14.6 Å². The third-order valence-electron chi connectivity index (χ3n) is 2.66. The smallest absolute Gasteiger partial charge is 0.158 e. The quantitative estimate of drug-likeness (QED) is 0.716. The molecular weight excluding hydrogens is 168 g/mol. The number of carbonyl (C=O) groups excluding carboxylic acids is 1. The molecule has 0 aromatic carbocycles. The molecule has 1 N–H and O–H groups in total. The average molecular weight is 186 g/mol. The van der Waals surface area contributed by atoms with Crippen LogP contribution in [0.1, 0.15) is 32.1 Å². The van der Waals surface area contributed by atoms with Gasteiger partial charge in [0.25, 0.3) is 0 Å². The van der Waals surface area contributed by atoms with Crippen molar-refractivity contribution in [3.05, 3.63) is 0 Å².